The van der Waals surface area contributed by atoms with Crippen molar-refractivity contribution in [2.24, 2.45) is 0 Å². The van der Waals surface area contributed by atoms with E-state index in [1.165, 1.54) is 19.3 Å². The molecule has 0 radical (unpaired) electrons. The Bertz CT molecular complexity index is 347. The summed E-state index contributed by atoms with van der Waals surface area (Å²) in [7, 11) is 0. The molecule has 2 unspecified atom stereocenters. The van der Waals surface area contributed by atoms with E-state index in [1.54, 1.807) is 0 Å². The van der Waals surface area contributed by atoms with Gasteiger partial charge in [0.1, 0.15) is 0 Å². The van der Waals surface area contributed by atoms with Gasteiger partial charge in [0.2, 0.25) is 12.6 Å². The number of unbranched alkanes of at least 4 members (excludes halogenated alkanes) is 2. The summed E-state index contributed by atoms with van der Waals surface area (Å²) >= 11 is 4.03. The van der Waals surface area contributed by atoms with E-state index in [2.05, 4.69) is 13.8 Å². The first-order valence-electron chi connectivity index (χ1n) is 8.96. The zero-order valence-corrected chi connectivity index (χ0v) is 16.1. The quantitative estimate of drug-likeness (QED) is 0.572. The Balaban J connectivity index is 2.25. The van der Waals surface area contributed by atoms with E-state index in [4.69, 9.17) is 9.47 Å². The van der Waals surface area contributed by atoms with Crippen LogP contribution in [0.5, 0.6) is 0 Å². The second-order valence-corrected chi connectivity index (χ2v) is 9.77. The molecule has 2 aliphatic rings. The normalized spacial score (nSPS) is 32.5. The first-order chi connectivity index (χ1) is 11.0. The number of ether oxygens (including phenoxy) is 2. The van der Waals surface area contributed by atoms with Crippen molar-refractivity contribution in [1.29, 1.82) is 0 Å². The fraction of sp³-hybridized carbons (Fsp3) is 1.00. The van der Waals surface area contributed by atoms with Crippen LogP contribution in [0, 0.1) is 0 Å². The summed E-state index contributed by atoms with van der Waals surface area (Å²) in [5, 5.41) is 19.3. The highest BCUT2D eigenvalue weighted by molar-refractivity contribution is 8.18. The molecule has 0 saturated carbocycles. The highest BCUT2D eigenvalue weighted by atomic mass is 32.2. The van der Waals surface area contributed by atoms with Crippen LogP contribution in [0.25, 0.3) is 0 Å². The summed E-state index contributed by atoms with van der Waals surface area (Å²) in [5.74, 6) is 2.32. The zero-order valence-electron chi connectivity index (χ0n) is 14.5. The third-order valence-electron chi connectivity index (χ3n) is 4.82. The van der Waals surface area contributed by atoms with Gasteiger partial charge in [-0.15, -0.1) is 23.5 Å². The van der Waals surface area contributed by atoms with Crippen LogP contribution in [0.3, 0.4) is 0 Å². The highest BCUT2D eigenvalue weighted by Gasteiger charge is 2.52. The number of rotatable bonds is 5. The van der Waals surface area contributed by atoms with Gasteiger partial charge in [-0.3, -0.25) is 0 Å². The lowest BCUT2D eigenvalue weighted by molar-refractivity contribution is -0.289. The first kappa shape index (κ1) is 19.9. The number of hydrogen-bond acceptors (Lipinski definition) is 6. The van der Waals surface area contributed by atoms with Crippen LogP contribution in [-0.2, 0) is 9.47 Å². The molecule has 2 rings (SSSR count). The van der Waals surface area contributed by atoms with Gasteiger partial charge in [-0.25, -0.2) is 0 Å². The molecule has 2 aliphatic heterocycles. The minimum Gasteiger partial charge on any atom is -0.364 e. The molecular formula is C17H32O4S2. The van der Waals surface area contributed by atoms with Gasteiger partial charge in [-0.05, 0) is 50.5 Å². The molecular weight excluding hydrogens is 332 g/mol. The lowest BCUT2D eigenvalue weighted by atomic mass is 9.90. The zero-order chi connectivity index (χ0) is 16.8. The van der Waals surface area contributed by atoms with E-state index in [9.17, 15) is 10.2 Å². The second-order valence-electron chi connectivity index (χ2n) is 6.72. The molecule has 2 fully saturated rings. The third-order valence-corrected chi connectivity index (χ3v) is 8.72. The summed E-state index contributed by atoms with van der Waals surface area (Å²) in [4.78, 5) is 0. The van der Waals surface area contributed by atoms with Gasteiger partial charge in [-0.2, -0.15) is 0 Å². The molecule has 0 aliphatic carbocycles. The van der Waals surface area contributed by atoms with Gasteiger partial charge in [0, 0.05) is 6.61 Å². The lowest BCUT2D eigenvalue weighted by Gasteiger charge is -2.50. The average Bonchev–Trinajstić information content (AvgIpc) is 2.59. The van der Waals surface area contributed by atoms with Gasteiger partial charge in [0.05, 0.1) is 9.68 Å². The number of thioether (sulfide) groups is 2. The van der Waals surface area contributed by atoms with Gasteiger partial charge in [0.25, 0.3) is 0 Å². The van der Waals surface area contributed by atoms with Crippen molar-refractivity contribution in [2.45, 2.75) is 87.5 Å². The van der Waals surface area contributed by atoms with E-state index in [1.807, 2.05) is 23.5 Å². The summed E-state index contributed by atoms with van der Waals surface area (Å²) in [6.07, 6.45) is 6.24. The predicted octanol–water partition coefficient (Wildman–Crippen LogP) is 3.75. The summed E-state index contributed by atoms with van der Waals surface area (Å²) < 4.78 is 11.9. The van der Waals surface area contributed by atoms with E-state index < -0.39 is 18.2 Å². The minimum absolute atomic E-state index is 0.000167. The SMILES string of the molecule is CCCCCC1(C)OC(C(O)O)OCCCCC12SCCCS2. The molecule has 0 bridgehead atoms. The molecule has 2 N–H and O–H groups in total. The number of aliphatic hydroxyl groups excluding tert-OH is 1. The van der Waals surface area contributed by atoms with Gasteiger partial charge in [-0.1, -0.05) is 26.2 Å². The molecule has 23 heavy (non-hydrogen) atoms. The van der Waals surface area contributed by atoms with Crippen LogP contribution < -0.4 is 0 Å². The van der Waals surface area contributed by atoms with Crippen LogP contribution in [0.4, 0.5) is 0 Å². The molecule has 2 heterocycles. The van der Waals surface area contributed by atoms with E-state index >= 15 is 0 Å². The van der Waals surface area contributed by atoms with Crippen LogP contribution in [0.2, 0.25) is 0 Å². The molecule has 6 heteroatoms. The first-order valence-corrected chi connectivity index (χ1v) is 10.9. The molecule has 2 atom stereocenters. The van der Waals surface area contributed by atoms with Crippen LogP contribution >= 0.6 is 23.5 Å². The fourth-order valence-electron chi connectivity index (χ4n) is 3.44. The monoisotopic (exact) mass is 364 g/mol. The Morgan fingerprint density at radius 3 is 2.52 bits per heavy atom. The second kappa shape index (κ2) is 9.30. The van der Waals surface area contributed by atoms with Crippen LogP contribution in [0.15, 0.2) is 0 Å². The van der Waals surface area contributed by atoms with Crippen molar-refractivity contribution in [1.82, 2.24) is 0 Å². The van der Waals surface area contributed by atoms with Gasteiger partial charge in [0.15, 0.2) is 0 Å². The van der Waals surface area contributed by atoms with E-state index in [0.717, 1.165) is 43.6 Å². The van der Waals surface area contributed by atoms with Crippen molar-refractivity contribution >= 4 is 23.5 Å². The van der Waals surface area contributed by atoms with Gasteiger partial charge >= 0.3 is 0 Å². The largest absolute Gasteiger partial charge is 0.364 e. The molecule has 2 saturated heterocycles. The molecule has 0 aromatic heterocycles. The lowest BCUT2D eigenvalue weighted by Crippen LogP contribution is -2.54. The fourth-order valence-corrected chi connectivity index (χ4v) is 7.18. The minimum atomic E-state index is -1.59. The molecule has 1 spiro atoms. The maximum absolute atomic E-state index is 9.67. The standard InChI is InChI=1S/C17H32O4S2/c1-3-4-5-9-16(2)17(22-12-8-13-23-17)10-6-7-11-20-15(21-16)14(18)19/h14-15,18-19H,3-13H2,1-2H3. The van der Waals surface area contributed by atoms with Gasteiger partial charge < -0.3 is 19.7 Å². The van der Waals surface area contributed by atoms with Crippen molar-refractivity contribution in [3.8, 4) is 0 Å². The molecule has 4 nitrogen and oxygen atoms in total. The molecule has 0 amide bonds. The molecule has 136 valence electrons. The van der Waals surface area contributed by atoms with Crippen molar-refractivity contribution < 1.29 is 19.7 Å². The summed E-state index contributed by atoms with van der Waals surface area (Å²) in [6.45, 7) is 4.90. The Morgan fingerprint density at radius 2 is 1.87 bits per heavy atom. The van der Waals surface area contributed by atoms with Crippen molar-refractivity contribution in [3.63, 3.8) is 0 Å². The Morgan fingerprint density at radius 1 is 1.13 bits per heavy atom. The van der Waals surface area contributed by atoms with Crippen LogP contribution in [0.1, 0.15) is 65.2 Å². The number of aliphatic hydroxyl groups is 2. The summed E-state index contributed by atoms with van der Waals surface area (Å²) in [5.41, 5.74) is -0.406. The molecule has 0 aromatic rings. The van der Waals surface area contributed by atoms with Crippen molar-refractivity contribution in [2.75, 3.05) is 18.1 Å². The number of hydrogen-bond donors (Lipinski definition) is 2. The van der Waals surface area contributed by atoms with Crippen LogP contribution in [-0.4, -0.2) is 50.6 Å². The topological polar surface area (TPSA) is 58.9 Å². The van der Waals surface area contributed by atoms with E-state index in [0.29, 0.717) is 6.61 Å². The average molecular weight is 365 g/mol. The molecule has 0 aromatic carbocycles. The predicted molar refractivity (Wildman–Crippen MR) is 97.7 cm³/mol. The van der Waals surface area contributed by atoms with Crippen molar-refractivity contribution in [3.05, 3.63) is 0 Å². The Kier molecular flexibility index (Phi) is 8.03. The third kappa shape index (κ3) is 5.02. The smallest absolute Gasteiger partial charge is 0.209 e. The van der Waals surface area contributed by atoms with E-state index in [-0.39, 0.29) is 4.08 Å². The highest BCUT2D eigenvalue weighted by Crippen LogP contribution is 2.56. The Hall–Kier alpha value is 0.540. The maximum atomic E-state index is 9.67. The maximum Gasteiger partial charge on any atom is 0.209 e. The Labute approximate surface area is 149 Å². The summed E-state index contributed by atoms with van der Waals surface area (Å²) in [6, 6.07) is 0.